The Hall–Kier alpha value is -1.22. The van der Waals surface area contributed by atoms with Gasteiger partial charge in [-0.15, -0.1) is 0 Å². The van der Waals surface area contributed by atoms with E-state index in [4.69, 9.17) is 0 Å². The van der Waals surface area contributed by atoms with Crippen molar-refractivity contribution in [2.45, 2.75) is 39.2 Å². The van der Waals surface area contributed by atoms with Crippen LogP contribution < -0.4 is 10.2 Å². The molecule has 106 valence electrons. The van der Waals surface area contributed by atoms with Crippen LogP contribution in [0.15, 0.2) is 18.2 Å². The van der Waals surface area contributed by atoms with Crippen molar-refractivity contribution in [1.29, 1.82) is 0 Å². The van der Waals surface area contributed by atoms with Crippen molar-refractivity contribution >= 4 is 5.69 Å². The number of rotatable bonds is 5. The molecule has 1 aliphatic rings. The molecule has 0 spiro atoms. The molecule has 3 heteroatoms. The van der Waals surface area contributed by atoms with Gasteiger partial charge in [0, 0.05) is 36.4 Å². The van der Waals surface area contributed by atoms with Crippen molar-refractivity contribution in [1.82, 2.24) is 5.32 Å². The second-order valence-electron chi connectivity index (χ2n) is 5.64. The van der Waals surface area contributed by atoms with Crippen LogP contribution in [0.5, 0.6) is 5.75 Å². The van der Waals surface area contributed by atoms with E-state index >= 15 is 0 Å². The summed E-state index contributed by atoms with van der Waals surface area (Å²) in [5.41, 5.74) is 2.12. The molecule has 3 nitrogen and oxygen atoms in total. The summed E-state index contributed by atoms with van der Waals surface area (Å²) in [7, 11) is 1.91. The van der Waals surface area contributed by atoms with Crippen LogP contribution in [-0.4, -0.2) is 25.2 Å². The highest BCUT2D eigenvalue weighted by atomic mass is 16.3. The Balaban J connectivity index is 2.08. The molecule has 19 heavy (non-hydrogen) atoms. The molecule has 0 amide bonds. The van der Waals surface area contributed by atoms with Crippen molar-refractivity contribution in [2.24, 2.45) is 5.92 Å². The number of nitrogens with one attached hydrogen (secondary N) is 1. The molecule has 2 N–H and O–H groups in total. The van der Waals surface area contributed by atoms with E-state index in [0.717, 1.165) is 30.3 Å². The summed E-state index contributed by atoms with van der Waals surface area (Å²) < 4.78 is 0. The monoisotopic (exact) mass is 262 g/mol. The fourth-order valence-corrected chi connectivity index (χ4v) is 2.96. The van der Waals surface area contributed by atoms with Gasteiger partial charge >= 0.3 is 0 Å². The first-order valence-electron chi connectivity index (χ1n) is 7.40. The smallest absolute Gasteiger partial charge is 0.122 e. The van der Waals surface area contributed by atoms with Crippen molar-refractivity contribution in [2.75, 3.05) is 25.0 Å². The zero-order valence-corrected chi connectivity index (χ0v) is 12.3. The highest BCUT2D eigenvalue weighted by Crippen LogP contribution is 2.32. The molecule has 0 aliphatic carbocycles. The van der Waals surface area contributed by atoms with Gasteiger partial charge in [-0.2, -0.15) is 0 Å². The Morgan fingerprint density at radius 1 is 1.47 bits per heavy atom. The maximum Gasteiger partial charge on any atom is 0.122 e. The lowest BCUT2D eigenvalue weighted by Gasteiger charge is -2.21. The molecule has 1 saturated heterocycles. The van der Waals surface area contributed by atoms with E-state index in [1.165, 1.54) is 19.3 Å². The quantitative estimate of drug-likeness (QED) is 0.854. The van der Waals surface area contributed by atoms with Crippen LogP contribution in [0.25, 0.3) is 0 Å². The van der Waals surface area contributed by atoms with Gasteiger partial charge in [-0.1, -0.05) is 19.4 Å². The zero-order valence-electron chi connectivity index (χ0n) is 12.3. The standard InChI is InChI=1S/C16H26N2O/c1-4-5-13-8-9-18(11-13)14-6-7-15(12(2)17-3)16(19)10-14/h6-7,10,12-13,17,19H,4-5,8-9,11H2,1-3H3. The van der Waals surface area contributed by atoms with E-state index < -0.39 is 0 Å². The van der Waals surface area contributed by atoms with E-state index in [1.54, 1.807) is 0 Å². The number of aromatic hydroxyl groups is 1. The number of anilines is 1. The lowest BCUT2D eigenvalue weighted by atomic mass is 10.0. The molecule has 1 heterocycles. The molecule has 1 aromatic carbocycles. The third-order valence-electron chi connectivity index (χ3n) is 4.26. The largest absolute Gasteiger partial charge is 0.508 e. The average Bonchev–Trinajstić information content (AvgIpc) is 2.87. The van der Waals surface area contributed by atoms with Crippen LogP contribution in [0, 0.1) is 5.92 Å². The summed E-state index contributed by atoms with van der Waals surface area (Å²) in [5, 5.41) is 13.3. The number of hydrogen-bond acceptors (Lipinski definition) is 3. The molecule has 2 rings (SSSR count). The number of phenolic OH excluding ortho intramolecular Hbond substituents is 1. The fourth-order valence-electron chi connectivity index (χ4n) is 2.96. The molecule has 0 saturated carbocycles. The van der Waals surface area contributed by atoms with E-state index in [0.29, 0.717) is 5.75 Å². The minimum atomic E-state index is 0.181. The first-order valence-corrected chi connectivity index (χ1v) is 7.40. The topological polar surface area (TPSA) is 35.5 Å². The number of phenols is 1. The van der Waals surface area contributed by atoms with Crippen LogP contribution in [0.3, 0.4) is 0 Å². The normalized spacial score (nSPS) is 20.8. The maximum atomic E-state index is 10.2. The second kappa shape index (κ2) is 6.29. The van der Waals surface area contributed by atoms with Crippen molar-refractivity contribution in [3.05, 3.63) is 23.8 Å². The number of hydrogen-bond donors (Lipinski definition) is 2. The third-order valence-corrected chi connectivity index (χ3v) is 4.26. The van der Waals surface area contributed by atoms with Crippen LogP contribution in [-0.2, 0) is 0 Å². The maximum absolute atomic E-state index is 10.2. The zero-order chi connectivity index (χ0) is 13.8. The SMILES string of the molecule is CCCC1CCN(c2ccc(C(C)NC)c(O)c2)C1. The van der Waals surface area contributed by atoms with Crippen LogP contribution in [0.2, 0.25) is 0 Å². The Morgan fingerprint density at radius 2 is 2.26 bits per heavy atom. The van der Waals surface area contributed by atoms with Crippen LogP contribution in [0.4, 0.5) is 5.69 Å². The van der Waals surface area contributed by atoms with Gasteiger partial charge in [0.05, 0.1) is 0 Å². The molecule has 2 atom stereocenters. The molecule has 1 aliphatic heterocycles. The predicted octanol–water partition coefficient (Wildman–Crippen LogP) is 3.30. The number of nitrogens with zero attached hydrogens (tertiary/aromatic N) is 1. The summed E-state index contributed by atoms with van der Waals surface area (Å²) in [4.78, 5) is 2.40. The summed E-state index contributed by atoms with van der Waals surface area (Å²) in [5.74, 6) is 1.22. The molecule has 2 unspecified atom stereocenters. The van der Waals surface area contributed by atoms with E-state index in [-0.39, 0.29) is 6.04 Å². The molecule has 1 fully saturated rings. The van der Waals surface area contributed by atoms with Gasteiger partial charge in [0.25, 0.3) is 0 Å². The summed E-state index contributed by atoms with van der Waals surface area (Å²) in [6.45, 7) is 6.56. The van der Waals surface area contributed by atoms with E-state index in [9.17, 15) is 5.11 Å². The lowest BCUT2D eigenvalue weighted by molar-refractivity contribution is 0.458. The highest BCUT2D eigenvalue weighted by molar-refractivity contribution is 5.54. The van der Waals surface area contributed by atoms with Crippen molar-refractivity contribution in [3.63, 3.8) is 0 Å². The lowest BCUT2D eigenvalue weighted by Crippen LogP contribution is -2.20. The summed E-state index contributed by atoms with van der Waals surface area (Å²) in [6, 6.07) is 6.27. The van der Waals surface area contributed by atoms with Crippen molar-refractivity contribution in [3.8, 4) is 5.75 Å². The number of benzene rings is 1. The van der Waals surface area contributed by atoms with Gasteiger partial charge in [0.1, 0.15) is 5.75 Å². The van der Waals surface area contributed by atoms with Gasteiger partial charge in [0.15, 0.2) is 0 Å². The second-order valence-corrected chi connectivity index (χ2v) is 5.64. The molecule has 0 bridgehead atoms. The molecular formula is C16H26N2O. The van der Waals surface area contributed by atoms with Gasteiger partial charge < -0.3 is 15.3 Å². The molecule has 1 aromatic rings. The summed E-state index contributed by atoms with van der Waals surface area (Å²) in [6.07, 6.45) is 3.86. The Morgan fingerprint density at radius 3 is 2.89 bits per heavy atom. The van der Waals surface area contributed by atoms with Crippen LogP contribution in [0.1, 0.15) is 44.7 Å². The first kappa shape index (κ1) is 14.2. The molecule has 0 aromatic heterocycles. The Kier molecular flexibility index (Phi) is 4.70. The molecule has 0 radical (unpaired) electrons. The van der Waals surface area contributed by atoms with Crippen molar-refractivity contribution < 1.29 is 5.11 Å². The fraction of sp³-hybridized carbons (Fsp3) is 0.625. The first-order chi connectivity index (χ1) is 9.15. The average molecular weight is 262 g/mol. The molecular weight excluding hydrogens is 236 g/mol. The third kappa shape index (κ3) is 3.21. The van der Waals surface area contributed by atoms with Gasteiger partial charge in [-0.3, -0.25) is 0 Å². The highest BCUT2D eigenvalue weighted by Gasteiger charge is 2.22. The van der Waals surface area contributed by atoms with Gasteiger partial charge in [-0.25, -0.2) is 0 Å². The van der Waals surface area contributed by atoms with E-state index in [2.05, 4.69) is 30.1 Å². The minimum Gasteiger partial charge on any atom is -0.508 e. The van der Waals surface area contributed by atoms with E-state index in [1.807, 2.05) is 19.2 Å². The summed E-state index contributed by atoms with van der Waals surface area (Å²) >= 11 is 0. The minimum absolute atomic E-state index is 0.181. The Labute approximate surface area is 116 Å². The predicted molar refractivity (Wildman–Crippen MR) is 80.8 cm³/mol. The van der Waals surface area contributed by atoms with Gasteiger partial charge in [0.2, 0.25) is 0 Å². The Bertz CT molecular complexity index is 419. The van der Waals surface area contributed by atoms with Crippen LogP contribution >= 0.6 is 0 Å². The van der Waals surface area contributed by atoms with Gasteiger partial charge in [-0.05, 0) is 38.8 Å².